The number of halogens is 1. The summed E-state index contributed by atoms with van der Waals surface area (Å²) in [6.45, 7) is -0.133. The third-order valence-corrected chi connectivity index (χ3v) is 3.39. The fourth-order valence-electron chi connectivity index (χ4n) is 1.91. The lowest BCUT2D eigenvalue weighted by Crippen LogP contribution is -2.29. The minimum absolute atomic E-state index is 0.0293. The highest BCUT2D eigenvalue weighted by atomic mass is 35.5. The Balaban J connectivity index is 1.76. The summed E-state index contributed by atoms with van der Waals surface area (Å²) in [7, 11) is 1.29. The van der Waals surface area contributed by atoms with Gasteiger partial charge in [0.05, 0.1) is 17.7 Å². The van der Waals surface area contributed by atoms with Crippen molar-refractivity contribution in [2.45, 2.75) is 12.8 Å². The summed E-state index contributed by atoms with van der Waals surface area (Å²) >= 11 is 5.97. The van der Waals surface area contributed by atoms with Crippen LogP contribution in [0.3, 0.4) is 0 Å². The Kier molecular flexibility index (Phi) is 6.25. The molecule has 1 aromatic carbocycles. The fourth-order valence-corrected chi connectivity index (χ4v) is 2.18. The minimum Gasteiger partial charge on any atom is -0.469 e. The zero-order valence-corrected chi connectivity index (χ0v) is 13.7. The zero-order valence-electron chi connectivity index (χ0n) is 12.9. The number of nitrogens with one attached hydrogen (secondary N) is 1. The number of ether oxygens (including phenoxy) is 4. The van der Waals surface area contributed by atoms with Gasteiger partial charge in [-0.25, -0.2) is 4.79 Å². The van der Waals surface area contributed by atoms with Crippen molar-refractivity contribution in [3.63, 3.8) is 0 Å². The third kappa shape index (κ3) is 4.76. The fraction of sp³-hybridized carbons (Fsp3) is 0.400. The Labute approximate surface area is 143 Å². The topological polar surface area (TPSA) is 100 Å². The van der Waals surface area contributed by atoms with Gasteiger partial charge >= 0.3 is 11.9 Å². The molecule has 0 saturated heterocycles. The van der Waals surface area contributed by atoms with E-state index >= 15 is 0 Å². The average molecular weight is 358 g/mol. The summed E-state index contributed by atoms with van der Waals surface area (Å²) in [5, 5.41) is 2.75. The van der Waals surface area contributed by atoms with Crippen molar-refractivity contribution in [3.05, 3.63) is 22.7 Å². The molecule has 1 aromatic rings. The van der Waals surface area contributed by atoms with Crippen LogP contribution in [-0.4, -0.2) is 44.9 Å². The standard InChI is InChI=1S/C15H16ClNO7/c1-21-13(19)3-2-4-17-12(18)7-22-15(20)9-5-10(16)14-11(6-9)23-8-24-14/h5-6H,2-4,7-8H2,1H3,(H,17,18). The number of rotatable bonds is 7. The molecule has 2 rings (SSSR count). The molecule has 0 unspecified atom stereocenters. The van der Waals surface area contributed by atoms with Gasteiger partial charge in [-0.3, -0.25) is 9.59 Å². The zero-order chi connectivity index (χ0) is 17.5. The second kappa shape index (κ2) is 8.39. The monoisotopic (exact) mass is 357 g/mol. The van der Waals surface area contributed by atoms with Gasteiger partial charge in [-0.15, -0.1) is 0 Å². The Morgan fingerprint density at radius 3 is 2.83 bits per heavy atom. The lowest BCUT2D eigenvalue weighted by atomic mass is 10.2. The van der Waals surface area contributed by atoms with E-state index in [0.29, 0.717) is 17.9 Å². The highest BCUT2D eigenvalue weighted by Gasteiger charge is 2.21. The smallest absolute Gasteiger partial charge is 0.338 e. The van der Waals surface area contributed by atoms with Gasteiger partial charge < -0.3 is 24.3 Å². The van der Waals surface area contributed by atoms with Crippen LogP contribution in [0.4, 0.5) is 0 Å². The van der Waals surface area contributed by atoms with Crippen molar-refractivity contribution < 1.29 is 33.3 Å². The highest BCUT2D eigenvalue weighted by molar-refractivity contribution is 6.32. The maximum absolute atomic E-state index is 11.9. The van der Waals surface area contributed by atoms with Crippen LogP contribution >= 0.6 is 11.6 Å². The van der Waals surface area contributed by atoms with Crippen LogP contribution in [0.1, 0.15) is 23.2 Å². The molecular weight excluding hydrogens is 342 g/mol. The maximum atomic E-state index is 11.9. The first-order chi connectivity index (χ1) is 11.5. The predicted octanol–water partition coefficient (Wildman–Crippen LogP) is 1.29. The van der Waals surface area contributed by atoms with Gasteiger partial charge in [0.15, 0.2) is 18.1 Å². The van der Waals surface area contributed by atoms with Gasteiger partial charge in [0.25, 0.3) is 5.91 Å². The summed E-state index contributed by atoms with van der Waals surface area (Å²) in [6.07, 6.45) is 0.635. The van der Waals surface area contributed by atoms with Gasteiger partial charge in [-0.05, 0) is 18.6 Å². The molecule has 0 atom stereocenters. The number of fused-ring (bicyclic) bond motifs is 1. The van der Waals surface area contributed by atoms with Crippen LogP contribution in [0.15, 0.2) is 12.1 Å². The lowest BCUT2D eigenvalue weighted by molar-refractivity contribution is -0.140. The molecule has 1 heterocycles. The van der Waals surface area contributed by atoms with E-state index in [-0.39, 0.29) is 36.3 Å². The number of esters is 2. The highest BCUT2D eigenvalue weighted by Crippen LogP contribution is 2.39. The number of benzene rings is 1. The maximum Gasteiger partial charge on any atom is 0.338 e. The molecule has 0 spiro atoms. The molecule has 1 N–H and O–H groups in total. The van der Waals surface area contributed by atoms with Crippen molar-refractivity contribution >= 4 is 29.4 Å². The predicted molar refractivity (Wildman–Crippen MR) is 82.1 cm³/mol. The minimum atomic E-state index is -0.708. The molecule has 9 heteroatoms. The van der Waals surface area contributed by atoms with Crippen LogP contribution in [0.5, 0.6) is 11.5 Å². The van der Waals surface area contributed by atoms with E-state index in [4.69, 9.17) is 25.8 Å². The summed E-state index contributed by atoms with van der Waals surface area (Å²) < 4.78 is 19.7. The lowest BCUT2D eigenvalue weighted by Gasteiger charge is -2.07. The number of methoxy groups -OCH3 is 1. The van der Waals surface area contributed by atoms with Gasteiger partial charge in [0, 0.05) is 13.0 Å². The van der Waals surface area contributed by atoms with E-state index in [1.165, 1.54) is 19.2 Å². The second-order valence-electron chi connectivity index (χ2n) is 4.80. The van der Waals surface area contributed by atoms with Crippen LogP contribution in [0, 0.1) is 0 Å². The molecule has 24 heavy (non-hydrogen) atoms. The average Bonchev–Trinajstić information content (AvgIpc) is 3.05. The number of carbonyl (C=O) groups is 3. The van der Waals surface area contributed by atoms with Gasteiger partial charge in [0.2, 0.25) is 6.79 Å². The molecule has 0 bridgehead atoms. The molecule has 0 fully saturated rings. The van der Waals surface area contributed by atoms with Crippen molar-refractivity contribution in [3.8, 4) is 11.5 Å². The van der Waals surface area contributed by atoms with E-state index in [1.54, 1.807) is 0 Å². The Bertz CT molecular complexity index is 647. The molecule has 0 radical (unpaired) electrons. The molecule has 0 aromatic heterocycles. The van der Waals surface area contributed by atoms with Crippen LogP contribution in [0.25, 0.3) is 0 Å². The van der Waals surface area contributed by atoms with E-state index in [2.05, 4.69) is 10.1 Å². The number of carbonyl (C=O) groups excluding carboxylic acids is 3. The number of hydrogen-bond acceptors (Lipinski definition) is 7. The summed E-state index contributed by atoms with van der Waals surface area (Å²) in [5.41, 5.74) is 0.155. The number of amides is 1. The molecular formula is C15H16ClNO7. The summed E-state index contributed by atoms with van der Waals surface area (Å²) in [4.78, 5) is 34.4. The summed E-state index contributed by atoms with van der Waals surface area (Å²) in [6, 6.07) is 2.82. The van der Waals surface area contributed by atoms with E-state index < -0.39 is 18.5 Å². The van der Waals surface area contributed by atoms with Crippen LogP contribution in [-0.2, 0) is 19.1 Å². The van der Waals surface area contributed by atoms with Gasteiger partial charge in [-0.1, -0.05) is 11.6 Å². The Hall–Kier alpha value is -2.48. The molecule has 0 aliphatic carbocycles. The molecule has 8 nitrogen and oxygen atoms in total. The van der Waals surface area contributed by atoms with Crippen molar-refractivity contribution in [1.82, 2.24) is 5.32 Å². The number of hydrogen-bond donors (Lipinski definition) is 1. The normalized spacial score (nSPS) is 11.8. The molecule has 130 valence electrons. The van der Waals surface area contributed by atoms with Crippen LogP contribution in [0.2, 0.25) is 5.02 Å². The third-order valence-electron chi connectivity index (χ3n) is 3.10. The molecule has 1 amide bonds. The molecule has 1 aliphatic rings. The Morgan fingerprint density at radius 1 is 1.29 bits per heavy atom. The van der Waals surface area contributed by atoms with Crippen molar-refractivity contribution in [1.29, 1.82) is 0 Å². The first-order valence-electron chi connectivity index (χ1n) is 7.11. The van der Waals surface area contributed by atoms with Crippen molar-refractivity contribution in [2.24, 2.45) is 0 Å². The quantitative estimate of drug-likeness (QED) is 0.579. The van der Waals surface area contributed by atoms with E-state index in [0.717, 1.165) is 0 Å². The largest absolute Gasteiger partial charge is 0.469 e. The molecule has 0 saturated carbocycles. The first kappa shape index (κ1) is 17.9. The van der Waals surface area contributed by atoms with E-state index in [9.17, 15) is 14.4 Å². The molecule has 1 aliphatic heterocycles. The van der Waals surface area contributed by atoms with Gasteiger partial charge in [-0.2, -0.15) is 0 Å². The summed E-state index contributed by atoms with van der Waals surface area (Å²) in [5.74, 6) is -0.811. The van der Waals surface area contributed by atoms with Gasteiger partial charge in [0.1, 0.15) is 0 Å². The Morgan fingerprint density at radius 2 is 2.08 bits per heavy atom. The first-order valence-corrected chi connectivity index (χ1v) is 7.49. The van der Waals surface area contributed by atoms with E-state index in [1.807, 2.05) is 0 Å². The second-order valence-corrected chi connectivity index (χ2v) is 5.20. The SMILES string of the molecule is COC(=O)CCCNC(=O)COC(=O)c1cc(Cl)c2c(c1)OCO2. The van der Waals surface area contributed by atoms with Crippen LogP contribution < -0.4 is 14.8 Å². The van der Waals surface area contributed by atoms with Crippen molar-refractivity contribution in [2.75, 3.05) is 27.1 Å².